The van der Waals surface area contributed by atoms with E-state index in [1.165, 1.54) is 6.07 Å². The molecule has 80 valence electrons. The van der Waals surface area contributed by atoms with Gasteiger partial charge in [0.2, 0.25) is 0 Å². The number of hydrogen-bond donors (Lipinski definition) is 1. The Balaban J connectivity index is 1.98. The summed E-state index contributed by atoms with van der Waals surface area (Å²) in [4.78, 5) is 0. The maximum Gasteiger partial charge on any atom is 0.129 e. The van der Waals surface area contributed by atoms with Gasteiger partial charge >= 0.3 is 0 Å². The Morgan fingerprint density at radius 1 is 1.33 bits per heavy atom. The van der Waals surface area contributed by atoms with E-state index < -0.39 is 0 Å². The van der Waals surface area contributed by atoms with Crippen LogP contribution < -0.4 is 5.32 Å². The molecule has 0 atom stereocenters. The van der Waals surface area contributed by atoms with Crippen LogP contribution in [-0.2, 0) is 6.54 Å². The number of rotatable bonds is 3. The van der Waals surface area contributed by atoms with Crippen LogP contribution in [0, 0.1) is 5.82 Å². The normalized spacial score (nSPS) is 16.1. The first-order valence-corrected chi connectivity index (χ1v) is 5.46. The monoisotopic (exact) mass is 225 g/mol. The summed E-state index contributed by atoms with van der Waals surface area (Å²) in [6, 6.07) is 5.21. The van der Waals surface area contributed by atoms with Gasteiger partial charge in [0.1, 0.15) is 5.82 Å². The van der Waals surface area contributed by atoms with Crippen LogP contribution in [0.15, 0.2) is 30.4 Å². The van der Waals surface area contributed by atoms with Gasteiger partial charge < -0.3 is 5.32 Å². The fourth-order valence-corrected chi connectivity index (χ4v) is 1.96. The van der Waals surface area contributed by atoms with E-state index in [4.69, 9.17) is 11.6 Å². The second-order valence-electron chi connectivity index (χ2n) is 3.72. The molecular weight excluding hydrogens is 213 g/mol. The summed E-state index contributed by atoms with van der Waals surface area (Å²) in [6.45, 7) is 0.498. The number of benzene rings is 1. The van der Waals surface area contributed by atoms with Crippen LogP contribution in [0.5, 0.6) is 0 Å². The van der Waals surface area contributed by atoms with Crippen molar-refractivity contribution in [3.63, 3.8) is 0 Å². The molecule has 0 saturated heterocycles. The minimum absolute atomic E-state index is 0.235. The van der Waals surface area contributed by atoms with Gasteiger partial charge in [-0.05, 0) is 25.0 Å². The van der Waals surface area contributed by atoms with Gasteiger partial charge in [-0.2, -0.15) is 0 Å². The average molecular weight is 226 g/mol. The Morgan fingerprint density at radius 3 is 2.73 bits per heavy atom. The largest absolute Gasteiger partial charge is 0.309 e. The van der Waals surface area contributed by atoms with E-state index >= 15 is 0 Å². The molecule has 1 aromatic rings. The summed E-state index contributed by atoms with van der Waals surface area (Å²) < 4.78 is 13.4. The van der Waals surface area contributed by atoms with Gasteiger partial charge in [-0.1, -0.05) is 29.8 Å². The van der Waals surface area contributed by atoms with Crippen LogP contribution >= 0.6 is 11.6 Å². The summed E-state index contributed by atoms with van der Waals surface area (Å²) in [5.41, 5.74) is 0.561. The molecule has 15 heavy (non-hydrogen) atoms. The van der Waals surface area contributed by atoms with Crippen LogP contribution in [0.2, 0.25) is 5.02 Å². The summed E-state index contributed by atoms with van der Waals surface area (Å²) >= 11 is 5.92. The SMILES string of the molecule is Fc1cccc(Cl)c1CNC1CC=CC1. The number of halogens is 2. The summed E-state index contributed by atoms with van der Waals surface area (Å²) in [7, 11) is 0. The van der Waals surface area contributed by atoms with E-state index in [0.29, 0.717) is 23.2 Å². The van der Waals surface area contributed by atoms with Gasteiger partial charge in [0, 0.05) is 23.2 Å². The van der Waals surface area contributed by atoms with Crippen molar-refractivity contribution >= 4 is 11.6 Å². The Hall–Kier alpha value is -0.860. The lowest BCUT2D eigenvalue weighted by molar-refractivity contribution is 0.520. The molecule has 3 heteroatoms. The minimum atomic E-state index is -0.235. The molecule has 0 bridgehead atoms. The molecule has 2 rings (SSSR count). The molecule has 0 fully saturated rings. The first-order chi connectivity index (χ1) is 7.27. The van der Waals surface area contributed by atoms with Crippen molar-refractivity contribution in [1.82, 2.24) is 5.32 Å². The van der Waals surface area contributed by atoms with Crippen LogP contribution in [0.25, 0.3) is 0 Å². The van der Waals surface area contributed by atoms with E-state index in [9.17, 15) is 4.39 Å². The van der Waals surface area contributed by atoms with Crippen molar-refractivity contribution in [3.8, 4) is 0 Å². The first-order valence-electron chi connectivity index (χ1n) is 5.08. The minimum Gasteiger partial charge on any atom is -0.309 e. The number of hydrogen-bond acceptors (Lipinski definition) is 1. The zero-order chi connectivity index (χ0) is 10.7. The Bertz CT molecular complexity index is 348. The van der Waals surface area contributed by atoms with E-state index in [0.717, 1.165) is 12.8 Å². The quantitative estimate of drug-likeness (QED) is 0.779. The molecule has 0 spiro atoms. The average Bonchev–Trinajstić information content (AvgIpc) is 2.70. The molecule has 0 aliphatic heterocycles. The highest BCUT2D eigenvalue weighted by atomic mass is 35.5. The van der Waals surface area contributed by atoms with Crippen molar-refractivity contribution in [2.24, 2.45) is 0 Å². The highest BCUT2D eigenvalue weighted by Gasteiger charge is 2.12. The molecule has 1 N–H and O–H groups in total. The van der Waals surface area contributed by atoms with Gasteiger partial charge in [-0.3, -0.25) is 0 Å². The molecular formula is C12H13ClFN. The molecule has 0 saturated carbocycles. The van der Waals surface area contributed by atoms with Crippen LogP contribution in [-0.4, -0.2) is 6.04 Å². The second-order valence-corrected chi connectivity index (χ2v) is 4.13. The highest BCUT2D eigenvalue weighted by molar-refractivity contribution is 6.31. The molecule has 0 radical (unpaired) electrons. The molecule has 0 unspecified atom stereocenters. The van der Waals surface area contributed by atoms with Gasteiger partial charge in [-0.15, -0.1) is 0 Å². The molecule has 1 nitrogen and oxygen atoms in total. The van der Waals surface area contributed by atoms with Gasteiger partial charge in [-0.25, -0.2) is 4.39 Å². The van der Waals surface area contributed by atoms with E-state index in [1.54, 1.807) is 12.1 Å². The molecule has 1 aliphatic carbocycles. The van der Waals surface area contributed by atoms with Gasteiger partial charge in [0.05, 0.1) is 0 Å². The van der Waals surface area contributed by atoms with E-state index in [1.807, 2.05) is 0 Å². The lowest BCUT2D eigenvalue weighted by Gasteiger charge is -2.13. The maximum atomic E-state index is 13.4. The summed E-state index contributed by atoms with van der Waals surface area (Å²) in [6.07, 6.45) is 6.32. The fraction of sp³-hybridized carbons (Fsp3) is 0.333. The van der Waals surface area contributed by atoms with Crippen LogP contribution in [0.4, 0.5) is 4.39 Å². The molecule has 1 aromatic carbocycles. The van der Waals surface area contributed by atoms with E-state index in [-0.39, 0.29) is 5.82 Å². The molecule has 0 aromatic heterocycles. The van der Waals surface area contributed by atoms with Crippen molar-refractivity contribution < 1.29 is 4.39 Å². The first kappa shape index (κ1) is 10.7. The third-order valence-electron chi connectivity index (χ3n) is 2.64. The number of nitrogens with one attached hydrogen (secondary N) is 1. The predicted molar refractivity (Wildman–Crippen MR) is 60.4 cm³/mol. The summed E-state index contributed by atoms with van der Waals surface area (Å²) in [5.74, 6) is -0.235. The van der Waals surface area contributed by atoms with E-state index in [2.05, 4.69) is 17.5 Å². The summed E-state index contributed by atoms with van der Waals surface area (Å²) in [5, 5.41) is 3.79. The van der Waals surface area contributed by atoms with Gasteiger partial charge in [0.15, 0.2) is 0 Å². The predicted octanol–water partition coefficient (Wildman–Crippen LogP) is 3.29. The zero-order valence-corrected chi connectivity index (χ0v) is 9.10. The lowest BCUT2D eigenvalue weighted by atomic mass is 10.2. The Morgan fingerprint density at radius 2 is 2.07 bits per heavy atom. The molecule has 1 aliphatic rings. The van der Waals surface area contributed by atoms with Crippen LogP contribution in [0.3, 0.4) is 0 Å². The standard InChI is InChI=1S/C12H13ClFN/c13-11-6-3-7-12(14)10(11)8-15-9-4-1-2-5-9/h1-3,6-7,9,15H,4-5,8H2. The van der Waals surface area contributed by atoms with Crippen molar-refractivity contribution in [3.05, 3.63) is 46.8 Å². The second kappa shape index (κ2) is 4.77. The highest BCUT2D eigenvalue weighted by Crippen LogP contribution is 2.19. The maximum absolute atomic E-state index is 13.4. The molecule has 0 amide bonds. The van der Waals surface area contributed by atoms with Crippen LogP contribution in [0.1, 0.15) is 18.4 Å². The smallest absolute Gasteiger partial charge is 0.129 e. The molecule has 0 heterocycles. The van der Waals surface area contributed by atoms with Crippen molar-refractivity contribution in [2.45, 2.75) is 25.4 Å². The van der Waals surface area contributed by atoms with Gasteiger partial charge in [0.25, 0.3) is 0 Å². The Kier molecular flexibility index (Phi) is 3.39. The topological polar surface area (TPSA) is 12.0 Å². The lowest BCUT2D eigenvalue weighted by Crippen LogP contribution is -2.26. The third-order valence-corrected chi connectivity index (χ3v) is 2.99. The fourth-order valence-electron chi connectivity index (χ4n) is 1.73. The van der Waals surface area contributed by atoms with Crippen molar-refractivity contribution in [2.75, 3.05) is 0 Å². The van der Waals surface area contributed by atoms with Crippen molar-refractivity contribution in [1.29, 1.82) is 0 Å². The zero-order valence-electron chi connectivity index (χ0n) is 8.34. The Labute approximate surface area is 93.9 Å². The third kappa shape index (κ3) is 2.58.